The maximum atomic E-state index is 12.0. The minimum atomic E-state index is -0.957. The highest BCUT2D eigenvalue weighted by molar-refractivity contribution is 5.69. The second-order valence-electron chi connectivity index (χ2n) is 16.0. The van der Waals surface area contributed by atoms with Crippen molar-refractivity contribution in [2.45, 2.75) is 252 Å². The molecule has 0 aliphatic heterocycles. The molecule has 0 aromatic rings. The Balaban J connectivity index is 3.37. The number of esters is 2. The van der Waals surface area contributed by atoms with Gasteiger partial charge >= 0.3 is 11.9 Å². The number of rotatable bonds is 40. The third-order valence-corrected chi connectivity index (χ3v) is 10.9. The summed E-state index contributed by atoms with van der Waals surface area (Å²) in [5.41, 5.74) is 0. The van der Waals surface area contributed by atoms with Crippen LogP contribution in [0.25, 0.3) is 0 Å². The van der Waals surface area contributed by atoms with Crippen LogP contribution in [-0.2, 0) is 19.1 Å². The lowest BCUT2D eigenvalue weighted by Crippen LogP contribution is -2.25. The molecular formula is C45H88O5. The minimum absolute atomic E-state index is 0.108. The number of hydrogen-bond acceptors (Lipinski definition) is 5. The van der Waals surface area contributed by atoms with Crippen LogP contribution in [0.1, 0.15) is 246 Å². The van der Waals surface area contributed by atoms with Crippen LogP contribution >= 0.6 is 0 Å². The van der Waals surface area contributed by atoms with E-state index >= 15 is 0 Å². The molecule has 2 unspecified atom stereocenters. The van der Waals surface area contributed by atoms with E-state index in [1.165, 1.54) is 180 Å². The predicted octanol–water partition coefficient (Wildman–Crippen LogP) is 14.0. The van der Waals surface area contributed by atoms with Crippen molar-refractivity contribution in [1.29, 1.82) is 0 Å². The molecule has 0 saturated heterocycles. The molecule has 0 fully saturated rings. The van der Waals surface area contributed by atoms with E-state index in [9.17, 15) is 14.7 Å². The molecule has 2 atom stereocenters. The van der Waals surface area contributed by atoms with Crippen molar-refractivity contribution >= 4 is 11.9 Å². The van der Waals surface area contributed by atoms with Gasteiger partial charge in [0.05, 0.1) is 0 Å². The highest BCUT2D eigenvalue weighted by Crippen LogP contribution is 2.18. The molecule has 0 aliphatic carbocycles. The number of carbonyl (C=O) groups excluding carboxylic acids is 2. The zero-order chi connectivity index (χ0) is 36.8. The van der Waals surface area contributed by atoms with Crippen LogP contribution < -0.4 is 0 Å². The van der Waals surface area contributed by atoms with Crippen molar-refractivity contribution in [2.75, 3.05) is 13.2 Å². The van der Waals surface area contributed by atoms with Gasteiger partial charge in [0.15, 0.2) is 0 Å². The molecule has 0 radical (unpaired) electrons. The third kappa shape index (κ3) is 38.1. The molecule has 0 aromatic carbocycles. The Labute approximate surface area is 312 Å². The van der Waals surface area contributed by atoms with Crippen LogP contribution in [0.5, 0.6) is 0 Å². The lowest BCUT2D eigenvalue weighted by Gasteiger charge is -2.12. The van der Waals surface area contributed by atoms with E-state index in [0.717, 1.165) is 37.5 Å². The molecule has 50 heavy (non-hydrogen) atoms. The van der Waals surface area contributed by atoms with Crippen molar-refractivity contribution in [3.05, 3.63) is 0 Å². The minimum Gasteiger partial charge on any atom is -0.463 e. The topological polar surface area (TPSA) is 72.8 Å². The number of hydrogen-bond donors (Lipinski definition) is 1. The standard InChI is InChI=1S/C45H88O5/c1-5-41(3)35-31-27-23-19-15-11-7-9-13-17-21-25-29-33-37-44(47)49-39-43(46)40-50-45(48)38-34-30-26-22-18-14-10-8-12-16-20-24-28-32-36-42(4)6-2/h41-43,46H,5-40H2,1-4H3. The van der Waals surface area contributed by atoms with Gasteiger partial charge in [-0.3, -0.25) is 9.59 Å². The fraction of sp³-hybridized carbons (Fsp3) is 0.956. The molecule has 0 spiro atoms. The van der Waals surface area contributed by atoms with Gasteiger partial charge in [0.2, 0.25) is 0 Å². The van der Waals surface area contributed by atoms with Crippen LogP contribution in [0, 0.1) is 11.8 Å². The van der Waals surface area contributed by atoms with E-state index in [1.54, 1.807) is 0 Å². The van der Waals surface area contributed by atoms with Crippen molar-refractivity contribution in [1.82, 2.24) is 0 Å². The Morgan fingerprint density at radius 1 is 0.400 bits per heavy atom. The van der Waals surface area contributed by atoms with E-state index < -0.39 is 6.10 Å². The third-order valence-electron chi connectivity index (χ3n) is 10.9. The second-order valence-corrected chi connectivity index (χ2v) is 16.0. The van der Waals surface area contributed by atoms with Crippen molar-refractivity contribution in [2.24, 2.45) is 11.8 Å². The number of aliphatic hydroxyl groups is 1. The Morgan fingerprint density at radius 2 is 0.620 bits per heavy atom. The summed E-state index contributed by atoms with van der Waals surface area (Å²) < 4.78 is 10.4. The summed E-state index contributed by atoms with van der Waals surface area (Å²) in [7, 11) is 0. The van der Waals surface area contributed by atoms with Gasteiger partial charge in [0, 0.05) is 12.8 Å². The van der Waals surface area contributed by atoms with Crippen LogP contribution in [-0.4, -0.2) is 36.4 Å². The fourth-order valence-electron chi connectivity index (χ4n) is 6.75. The molecule has 0 aromatic heterocycles. The number of unbranched alkanes of at least 4 members (excludes halogenated alkanes) is 26. The normalized spacial score (nSPS) is 13.3. The molecule has 0 bridgehead atoms. The fourth-order valence-corrected chi connectivity index (χ4v) is 6.75. The summed E-state index contributed by atoms with van der Waals surface area (Å²) in [6.07, 6.45) is 41.5. The van der Waals surface area contributed by atoms with Gasteiger partial charge in [0.25, 0.3) is 0 Å². The lowest BCUT2D eigenvalue weighted by molar-refractivity contribution is -0.152. The summed E-state index contributed by atoms with van der Waals surface area (Å²) in [6, 6.07) is 0. The van der Waals surface area contributed by atoms with Gasteiger partial charge in [-0.15, -0.1) is 0 Å². The molecule has 298 valence electrons. The van der Waals surface area contributed by atoms with Gasteiger partial charge < -0.3 is 14.6 Å². The Hall–Kier alpha value is -1.10. The van der Waals surface area contributed by atoms with E-state index in [0.29, 0.717) is 12.8 Å². The first kappa shape index (κ1) is 48.9. The maximum absolute atomic E-state index is 12.0. The predicted molar refractivity (Wildman–Crippen MR) is 215 cm³/mol. The van der Waals surface area contributed by atoms with Crippen LogP contribution in [0.4, 0.5) is 0 Å². The van der Waals surface area contributed by atoms with Gasteiger partial charge in [-0.05, 0) is 24.7 Å². The summed E-state index contributed by atoms with van der Waals surface area (Å²) in [5, 5.41) is 10.0. The number of carbonyl (C=O) groups is 2. The van der Waals surface area contributed by atoms with Crippen LogP contribution in [0.15, 0.2) is 0 Å². The summed E-state index contributed by atoms with van der Waals surface area (Å²) >= 11 is 0. The summed E-state index contributed by atoms with van der Waals surface area (Å²) in [5.74, 6) is 1.26. The van der Waals surface area contributed by atoms with E-state index in [-0.39, 0.29) is 25.2 Å². The quantitative estimate of drug-likeness (QED) is 0.0507. The average molecular weight is 709 g/mol. The zero-order valence-corrected chi connectivity index (χ0v) is 34.3. The van der Waals surface area contributed by atoms with Crippen molar-refractivity contribution < 1.29 is 24.2 Å². The number of aliphatic hydroxyl groups excluding tert-OH is 1. The van der Waals surface area contributed by atoms with Gasteiger partial charge in [-0.1, -0.05) is 220 Å². The molecule has 0 saturated carbocycles. The van der Waals surface area contributed by atoms with E-state index in [1.807, 2.05) is 0 Å². The maximum Gasteiger partial charge on any atom is 0.305 e. The first-order chi connectivity index (χ1) is 24.4. The zero-order valence-electron chi connectivity index (χ0n) is 34.3. The monoisotopic (exact) mass is 709 g/mol. The Kier molecular flexibility index (Phi) is 38.3. The van der Waals surface area contributed by atoms with E-state index in [2.05, 4.69) is 27.7 Å². The summed E-state index contributed by atoms with van der Waals surface area (Å²) in [6.45, 7) is 9.12. The van der Waals surface area contributed by atoms with Crippen LogP contribution in [0.2, 0.25) is 0 Å². The van der Waals surface area contributed by atoms with Crippen LogP contribution in [0.3, 0.4) is 0 Å². The average Bonchev–Trinajstić information content (AvgIpc) is 3.12. The van der Waals surface area contributed by atoms with Gasteiger partial charge in [0.1, 0.15) is 19.3 Å². The molecule has 5 heteroatoms. The number of ether oxygens (including phenoxy) is 2. The first-order valence-corrected chi connectivity index (χ1v) is 22.4. The van der Waals surface area contributed by atoms with Crippen molar-refractivity contribution in [3.8, 4) is 0 Å². The molecular weight excluding hydrogens is 620 g/mol. The SMILES string of the molecule is CCC(C)CCCCCCCCCCCCCCCCC(=O)OCC(O)COC(=O)CCCCCCCCCCCCCCCCC(C)CC. The molecule has 1 N–H and O–H groups in total. The highest BCUT2D eigenvalue weighted by Gasteiger charge is 2.12. The second kappa shape index (κ2) is 39.1. The highest BCUT2D eigenvalue weighted by atomic mass is 16.6. The first-order valence-electron chi connectivity index (χ1n) is 22.4. The molecule has 0 heterocycles. The van der Waals surface area contributed by atoms with Crippen molar-refractivity contribution in [3.63, 3.8) is 0 Å². The lowest BCUT2D eigenvalue weighted by atomic mass is 9.99. The Bertz CT molecular complexity index is 652. The van der Waals surface area contributed by atoms with Gasteiger partial charge in [-0.25, -0.2) is 0 Å². The summed E-state index contributed by atoms with van der Waals surface area (Å²) in [4.78, 5) is 24.0. The van der Waals surface area contributed by atoms with Gasteiger partial charge in [-0.2, -0.15) is 0 Å². The largest absolute Gasteiger partial charge is 0.463 e. The molecule has 0 aliphatic rings. The Morgan fingerprint density at radius 3 is 0.860 bits per heavy atom. The van der Waals surface area contributed by atoms with E-state index in [4.69, 9.17) is 9.47 Å². The molecule has 0 rings (SSSR count). The smallest absolute Gasteiger partial charge is 0.305 e. The molecule has 5 nitrogen and oxygen atoms in total. The molecule has 0 amide bonds.